The van der Waals surface area contributed by atoms with Crippen molar-refractivity contribution in [2.24, 2.45) is 0 Å². The number of nitrogens with one attached hydrogen (secondary N) is 1. The number of pyridine rings is 1. The molecule has 0 radical (unpaired) electrons. The molecule has 5 nitrogen and oxygen atoms in total. The Hall–Kier alpha value is -2.89. The zero-order valence-corrected chi connectivity index (χ0v) is 18.6. The maximum atomic E-state index is 13.2. The van der Waals surface area contributed by atoms with Gasteiger partial charge >= 0.3 is 0 Å². The number of benzene rings is 2. The highest BCUT2D eigenvalue weighted by molar-refractivity contribution is 6.35. The average molecular weight is 453 g/mol. The highest BCUT2D eigenvalue weighted by Gasteiger charge is 2.24. The maximum Gasteiger partial charge on any atom is 0.243 e. The van der Waals surface area contributed by atoms with Crippen molar-refractivity contribution in [1.82, 2.24) is 19.9 Å². The molecule has 1 N–H and O–H groups in total. The molecule has 158 valence electrons. The molecule has 1 amide bonds. The van der Waals surface area contributed by atoms with Crippen LogP contribution in [0.5, 0.6) is 0 Å². The van der Waals surface area contributed by atoms with Gasteiger partial charge in [-0.15, -0.1) is 0 Å². The Morgan fingerprint density at radius 2 is 1.87 bits per heavy atom. The summed E-state index contributed by atoms with van der Waals surface area (Å²) in [6.07, 6.45) is 4.56. The molecule has 0 aliphatic carbocycles. The first-order valence-corrected chi connectivity index (χ1v) is 10.9. The number of fused-ring (bicyclic) bond motifs is 1. The molecular weight excluding hydrogens is 431 g/mol. The lowest BCUT2D eigenvalue weighted by atomic mass is 10.1. The predicted molar refractivity (Wildman–Crippen MR) is 124 cm³/mol. The second-order valence-corrected chi connectivity index (χ2v) is 8.14. The largest absolute Gasteiger partial charge is 0.350 e. The number of rotatable bonds is 7. The van der Waals surface area contributed by atoms with Crippen molar-refractivity contribution in [2.45, 2.75) is 32.4 Å². The summed E-state index contributed by atoms with van der Waals surface area (Å²) in [6, 6.07) is 16.7. The van der Waals surface area contributed by atoms with E-state index in [1.165, 1.54) is 0 Å². The fourth-order valence-corrected chi connectivity index (χ4v) is 4.17. The molecule has 31 heavy (non-hydrogen) atoms. The van der Waals surface area contributed by atoms with E-state index < -0.39 is 6.04 Å². The number of halogens is 2. The third-order valence-electron chi connectivity index (χ3n) is 5.25. The van der Waals surface area contributed by atoms with Gasteiger partial charge in [-0.3, -0.25) is 9.78 Å². The highest BCUT2D eigenvalue weighted by atomic mass is 35.5. The Labute approximate surface area is 191 Å². The molecule has 1 atom stereocenters. The number of nitrogens with zero attached hydrogens (tertiary/aromatic N) is 3. The second kappa shape index (κ2) is 9.50. The summed E-state index contributed by atoms with van der Waals surface area (Å²) in [4.78, 5) is 22.0. The predicted octanol–water partition coefficient (Wildman–Crippen LogP) is 5.60. The van der Waals surface area contributed by atoms with Crippen molar-refractivity contribution >= 4 is 40.1 Å². The van der Waals surface area contributed by atoms with Crippen LogP contribution in [0, 0.1) is 0 Å². The number of hydrogen-bond acceptors (Lipinski definition) is 3. The summed E-state index contributed by atoms with van der Waals surface area (Å²) in [5.41, 5.74) is 3.69. The molecule has 0 saturated heterocycles. The van der Waals surface area contributed by atoms with Crippen LogP contribution in [0.4, 0.5) is 0 Å². The standard InChI is InChI=1S/C24H22Cl2N4O/c1-2-21(24(31)28-15-16-9-11-27-12-10-16)30-22-6-4-3-5-20(22)29-23(30)13-17-7-8-18(25)14-19(17)26/h3-12,14,21H,2,13,15H2,1H3,(H,28,31). The van der Waals surface area contributed by atoms with Gasteiger partial charge in [-0.1, -0.05) is 48.3 Å². The molecule has 0 saturated carbocycles. The van der Waals surface area contributed by atoms with Crippen LogP contribution in [-0.4, -0.2) is 20.4 Å². The fourth-order valence-electron chi connectivity index (χ4n) is 3.70. The second-order valence-electron chi connectivity index (χ2n) is 7.30. The lowest BCUT2D eigenvalue weighted by molar-refractivity contribution is -0.124. The van der Waals surface area contributed by atoms with Gasteiger partial charge in [0.25, 0.3) is 0 Å². The Morgan fingerprint density at radius 3 is 2.61 bits per heavy atom. The number of hydrogen-bond donors (Lipinski definition) is 1. The Bertz CT molecular complexity index is 1210. The van der Waals surface area contributed by atoms with E-state index in [1.807, 2.05) is 60.0 Å². The molecular formula is C24H22Cl2N4O. The first-order valence-electron chi connectivity index (χ1n) is 10.1. The van der Waals surface area contributed by atoms with Gasteiger partial charge in [-0.25, -0.2) is 4.98 Å². The van der Waals surface area contributed by atoms with Crippen molar-refractivity contribution in [3.05, 3.63) is 94.0 Å². The molecule has 4 aromatic rings. The summed E-state index contributed by atoms with van der Waals surface area (Å²) in [5, 5.41) is 4.23. The van der Waals surface area contributed by atoms with E-state index in [-0.39, 0.29) is 5.91 Å². The number of carbonyl (C=O) groups excluding carboxylic acids is 1. The van der Waals surface area contributed by atoms with Gasteiger partial charge in [-0.2, -0.15) is 0 Å². The number of para-hydroxylation sites is 2. The molecule has 0 bridgehead atoms. The summed E-state index contributed by atoms with van der Waals surface area (Å²) in [7, 11) is 0. The van der Waals surface area contributed by atoms with E-state index >= 15 is 0 Å². The van der Waals surface area contributed by atoms with Gasteiger partial charge in [0.05, 0.1) is 11.0 Å². The first kappa shape index (κ1) is 21.3. The molecule has 4 rings (SSSR count). The highest BCUT2D eigenvalue weighted by Crippen LogP contribution is 2.28. The minimum Gasteiger partial charge on any atom is -0.350 e. The van der Waals surface area contributed by atoms with Gasteiger partial charge in [0.1, 0.15) is 11.9 Å². The van der Waals surface area contributed by atoms with Crippen LogP contribution in [0.25, 0.3) is 11.0 Å². The SMILES string of the molecule is CCC(C(=O)NCc1ccncc1)n1c(Cc2ccc(Cl)cc2Cl)nc2ccccc21. The zero-order chi connectivity index (χ0) is 21.8. The molecule has 7 heteroatoms. The number of amides is 1. The van der Waals surface area contributed by atoms with E-state index in [0.29, 0.717) is 29.4 Å². The molecule has 0 spiro atoms. The van der Waals surface area contributed by atoms with Crippen LogP contribution >= 0.6 is 23.2 Å². The number of aromatic nitrogens is 3. The number of carbonyl (C=O) groups is 1. The molecule has 0 aliphatic heterocycles. The molecule has 2 aromatic heterocycles. The summed E-state index contributed by atoms with van der Waals surface area (Å²) in [5.74, 6) is 0.738. The molecule has 0 fully saturated rings. The van der Waals surface area contributed by atoms with Crippen LogP contribution < -0.4 is 5.32 Å². The smallest absolute Gasteiger partial charge is 0.243 e. The van der Waals surface area contributed by atoms with Gasteiger partial charge in [-0.05, 0) is 53.9 Å². The summed E-state index contributed by atoms with van der Waals surface area (Å²) < 4.78 is 2.03. The van der Waals surface area contributed by atoms with Gasteiger partial charge in [0.15, 0.2) is 0 Å². The van der Waals surface area contributed by atoms with Crippen LogP contribution in [0.1, 0.15) is 36.3 Å². The van der Waals surface area contributed by atoms with E-state index in [2.05, 4.69) is 10.3 Å². The molecule has 0 aliphatic rings. The monoisotopic (exact) mass is 452 g/mol. The Kier molecular flexibility index (Phi) is 6.54. The van der Waals surface area contributed by atoms with Gasteiger partial charge < -0.3 is 9.88 Å². The van der Waals surface area contributed by atoms with Crippen LogP contribution in [0.15, 0.2) is 67.0 Å². The van der Waals surface area contributed by atoms with Gasteiger partial charge in [0.2, 0.25) is 5.91 Å². The molecule has 1 unspecified atom stereocenters. The van der Waals surface area contributed by atoms with Crippen molar-refractivity contribution < 1.29 is 4.79 Å². The van der Waals surface area contributed by atoms with E-state index in [4.69, 9.17) is 28.2 Å². The first-order chi connectivity index (χ1) is 15.1. The van der Waals surface area contributed by atoms with Crippen LogP contribution in [-0.2, 0) is 17.8 Å². The summed E-state index contributed by atoms with van der Waals surface area (Å²) in [6.45, 7) is 2.45. The van der Waals surface area contributed by atoms with E-state index in [0.717, 1.165) is 28.0 Å². The van der Waals surface area contributed by atoms with Crippen LogP contribution in [0.3, 0.4) is 0 Å². The summed E-state index contributed by atoms with van der Waals surface area (Å²) >= 11 is 12.5. The Morgan fingerprint density at radius 1 is 1.10 bits per heavy atom. The minimum absolute atomic E-state index is 0.0501. The quantitative estimate of drug-likeness (QED) is 0.397. The lowest BCUT2D eigenvalue weighted by Gasteiger charge is -2.20. The fraction of sp³-hybridized carbons (Fsp3) is 0.208. The average Bonchev–Trinajstić information content (AvgIpc) is 3.13. The van der Waals surface area contributed by atoms with Crippen LogP contribution in [0.2, 0.25) is 10.0 Å². The van der Waals surface area contributed by atoms with Crippen molar-refractivity contribution in [1.29, 1.82) is 0 Å². The van der Waals surface area contributed by atoms with E-state index in [9.17, 15) is 4.79 Å². The maximum absolute atomic E-state index is 13.2. The minimum atomic E-state index is -0.393. The third kappa shape index (κ3) is 4.73. The zero-order valence-electron chi connectivity index (χ0n) is 17.1. The van der Waals surface area contributed by atoms with Crippen molar-refractivity contribution in [3.63, 3.8) is 0 Å². The Balaban J connectivity index is 1.68. The lowest BCUT2D eigenvalue weighted by Crippen LogP contribution is -2.32. The molecule has 2 heterocycles. The van der Waals surface area contributed by atoms with E-state index in [1.54, 1.807) is 18.5 Å². The molecule has 2 aromatic carbocycles. The topological polar surface area (TPSA) is 59.8 Å². The number of imidazole rings is 1. The van der Waals surface area contributed by atoms with Crippen molar-refractivity contribution in [3.8, 4) is 0 Å². The van der Waals surface area contributed by atoms with Crippen molar-refractivity contribution in [2.75, 3.05) is 0 Å². The van der Waals surface area contributed by atoms with Gasteiger partial charge in [0, 0.05) is 35.4 Å². The third-order valence-corrected chi connectivity index (χ3v) is 5.84. The normalized spacial score (nSPS) is 12.1.